The topological polar surface area (TPSA) is 76.1 Å². The Morgan fingerprint density at radius 3 is 2.12 bits per heavy atom. The number of carbonyl (C=O) groups is 2. The summed E-state index contributed by atoms with van der Waals surface area (Å²) in [7, 11) is -2.88. The van der Waals surface area contributed by atoms with E-state index in [-0.39, 0.29) is 46.8 Å². The van der Waals surface area contributed by atoms with Gasteiger partial charge in [-0.15, -0.1) is 0 Å². The zero-order valence-electron chi connectivity index (χ0n) is 34.2. The molecule has 2 heterocycles. The van der Waals surface area contributed by atoms with Gasteiger partial charge in [-0.2, -0.15) is 0 Å². The Labute approximate surface area is 340 Å². The van der Waals surface area contributed by atoms with E-state index in [1.807, 2.05) is 24.3 Å². The first-order chi connectivity index (χ1) is 27.6. The molecule has 7 heteroatoms. The van der Waals surface area contributed by atoms with Crippen molar-refractivity contribution in [2.45, 2.75) is 109 Å². The van der Waals surface area contributed by atoms with Gasteiger partial charge in [0.05, 0.1) is 31.2 Å². The van der Waals surface area contributed by atoms with Crippen molar-refractivity contribution in [3.05, 3.63) is 119 Å². The fourth-order valence-electron chi connectivity index (χ4n) is 10.8. The highest BCUT2D eigenvalue weighted by molar-refractivity contribution is 6.99. The van der Waals surface area contributed by atoms with Crippen molar-refractivity contribution in [2.75, 3.05) is 13.2 Å². The maximum Gasteiger partial charge on any atom is 0.261 e. The molecule has 3 fully saturated rings. The molecule has 4 atom stereocenters. The number of allylic oxidation sites excluding steroid dienone is 1. The van der Waals surface area contributed by atoms with Gasteiger partial charge >= 0.3 is 0 Å². The molecule has 8 rings (SSSR count). The summed E-state index contributed by atoms with van der Waals surface area (Å²) in [5.74, 6) is -0.520. The first kappa shape index (κ1) is 39.5. The van der Waals surface area contributed by atoms with E-state index in [2.05, 4.69) is 101 Å². The van der Waals surface area contributed by atoms with Gasteiger partial charge in [0.2, 0.25) is 11.8 Å². The fourth-order valence-corrected chi connectivity index (χ4v) is 15.4. The number of carbonyl (C=O) groups excluding carboxylic acids is 2. The highest BCUT2D eigenvalue weighted by atomic mass is 28.4. The maximum atomic E-state index is 14.5. The predicted octanol–water partition coefficient (Wildman–Crippen LogP) is 9.73. The van der Waals surface area contributed by atoms with Crippen molar-refractivity contribution in [1.82, 2.24) is 4.90 Å². The first-order valence-corrected chi connectivity index (χ1v) is 23.4. The number of amides is 2. The van der Waals surface area contributed by atoms with Crippen LogP contribution in [-0.4, -0.2) is 55.5 Å². The standard InChI is InChI=1S/C50H59NO5Si/c1-5-17-34(30-35-27-28-44(52)41-25-16-15-24-40(35)41)26-29-45-46-36(31-42-47(43(46)33-55-45)49(54)51(48(42)53)37-18-9-6-10-19-37)32-56-57(50(2,3)4,38-20-11-7-12-21-38)39-22-13-8-14-23-39/h7-8,11-16,20-25,27-28,30,37,42-43,45,47,52H,5-6,9-10,17-19,26,29,31-33H2,1-4H3/b34-30+/t42-,43+,45-,47-/m1/s1. The fraction of sp³-hybridized carbons (Fsp3) is 0.440. The van der Waals surface area contributed by atoms with Gasteiger partial charge in [0.1, 0.15) is 5.75 Å². The molecular formula is C50H59NO5Si. The molecule has 6 nitrogen and oxygen atoms in total. The number of phenols is 1. The molecule has 0 aromatic heterocycles. The van der Waals surface area contributed by atoms with E-state index >= 15 is 0 Å². The average molecular weight is 782 g/mol. The summed E-state index contributed by atoms with van der Waals surface area (Å²) in [6, 6.07) is 33.4. The van der Waals surface area contributed by atoms with Gasteiger partial charge in [0.25, 0.3) is 8.32 Å². The van der Waals surface area contributed by atoms with Crippen molar-refractivity contribution in [2.24, 2.45) is 17.8 Å². The number of rotatable bonds is 12. The minimum atomic E-state index is -2.88. The third-order valence-corrected chi connectivity index (χ3v) is 18.4. The molecule has 4 aliphatic rings. The molecule has 1 N–H and O–H groups in total. The largest absolute Gasteiger partial charge is 0.507 e. The van der Waals surface area contributed by atoms with Crippen LogP contribution in [0.1, 0.15) is 97.5 Å². The molecule has 298 valence electrons. The van der Waals surface area contributed by atoms with Crippen LogP contribution in [0.15, 0.2) is 114 Å². The van der Waals surface area contributed by atoms with Crippen molar-refractivity contribution >= 4 is 47.4 Å². The second-order valence-corrected chi connectivity index (χ2v) is 22.2. The molecule has 1 saturated carbocycles. The number of nitrogens with zero attached hydrogens (tertiary/aromatic N) is 1. The lowest BCUT2D eigenvalue weighted by Crippen LogP contribution is -2.66. The average Bonchev–Trinajstić information content (AvgIpc) is 3.76. The normalized spacial score (nSPS) is 23.4. The maximum absolute atomic E-state index is 14.5. The van der Waals surface area contributed by atoms with E-state index in [0.29, 0.717) is 25.4 Å². The molecule has 0 bridgehead atoms. The van der Waals surface area contributed by atoms with E-state index in [0.717, 1.165) is 73.3 Å². The lowest BCUT2D eigenvalue weighted by atomic mass is 9.69. The number of phenolic OH excluding ortho intramolecular Hbond substituents is 1. The third kappa shape index (κ3) is 7.36. The molecular weight excluding hydrogens is 723 g/mol. The SMILES string of the molecule is CCC/C(=C\c1ccc(O)c2ccccc12)CC[C@H]1OC[C@H]2C1=C(CO[Si](c1ccccc1)(c1ccccc1)C(C)(C)C)C[C@H]1C(=O)N(C3CCCCC3)C(=O)[C@H]12. The van der Waals surface area contributed by atoms with Crippen LogP contribution in [0.3, 0.4) is 0 Å². The van der Waals surface area contributed by atoms with Crippen LogP contribution in [-0.2, 0) is 18.8 Å². The number of ether oxygens (including phenoxy) is 1. The Kier molecular flexibility index (Phi) is 11.5. The smallest absolute Gasteiger partial charge is 0.261 e. The molecule has 0 unspecified atom stereocenters. The third-order valence-electron chi connectivity index (χ3n) is 13.5. The number of imide groups is 1. The van der Waals surface area contributed by atoms with Crippen LogP contribution in [0, 0.1) is 17.8 Å². The minimum Gasteiger partial charge on any atom is -0.507 e. The molecule has 2 amide bonds. The summed E-state index contributed by atoms with van der Waals surface area (Å²) >= 11 is 0. The second kappa shape index (κ2) is 16.5. The number of aromatic hydroxyl groups is 1. The van der Waals surface area contributed by atoms with Gasteiger partial charge in [-0.05, 0) is 82.1 Å². The molecule has 0 spiro atoms. The number of hydrogen-bond donors (Lipinski definition) is 1. The Morgan fingerprint density at radius 2 is 1.47 bits per heavy atom. The van der Waals surface area contributed by atoms with E-state index in [4.69, 9.17) is 9.16 Å². The molecule has 57 heavy (non-hydrogen) atoms. The van der Waals surface area contributed by atoms with E-state index in [1.54, 1.807) is 11.0 Å². The van der Waals surface area contributed by atoms with Crippen LogP contribution < -0.4 is 10.4 Å². The van der Waals surface area contributed by atoms with E-state index < -0.39 is 8.32 Å². The van der Waals surface area contributed by atoms with Gasteiger partial charge in [-0.3, -0.25) is 14.5 Å². The lowest BCUT2D eigenvalue weighted by molar-refractivity contribution is -0.143. The van der Waals surface area contributed by atoms with Gasteiger partial charge < -0.3 is 14.3 Å². The van der Waals surface area contributed by atoms with Crippen molar-refractivity contribution in [1.29, 1.82) is 0 Å². The summed E-state index contributed by atoms with van der Waals surface area (Å²) in [6.07, 6.45) is 11.4. The van der Waals surface area contributed by atoms with Gasteiger partial charge in [0, 0.05) is 17.3 Å². The van der Waals surface area contributed by atoms with Crippen LogP contribution in [0.25, 0.3) is 16.8 Å². The molecule has 2 aliphatic heterocycles. The molecule has 2 aliphatic carbocycles. The Hall–Kier alpha value is -4.30. The zero-order chi connectivity index (χ0) is 39.7. The number of hydrogen-bond acceptors (Lipinski definition) is 5. The Bertz CT molecular complexity index is 2110. The van der Waals surface area contributed by atoms with Crippen LogP contribution in [0.2, 0.25) is 5.04 Å². The first-order valence-electron chi connectivity index (χ1n) is 21.5. The van der Waals surface area contributed by atoms with Gasteiger partial charge in [-0.25, -0.2) is 0 Å². The summed E-state index contributed by atoms with van der Waals surface area (Å²) in [5, 5.41) is 14.7. The van der Waals surface area contributed by atoms with Crippen LogP contribution >= 0.6 is 0 Å². The summed E-state index contributed by atoms with van der Waals surface area (Å²) in [5.41, 5.74) is 4.82. The lowest BCUT2D eigenvalue weighted by Gasteiger charge is -2.44. The second-order valence-electron chi connectivity index (χ2n) is 17.9. The highest BCUT2D eigenvalue weighted by Crippen LogP contribution is 2.51. The predicted molar refractivity (Wildman–Crippen MR) is 232 cm³/mol. The number of benzene rings is 4. The van der Waals surface area contributed by atoms with Crippen LogP contribution in [0.4, 0.5) is 0 Å². The Morgan fingerprint density at radius 1 is 0.825 bits per heavy atom. The zero-order valence-corrected chi connectivity index (χ0v) is 35.2. The molecule has 0 radical (unpaired) electrons. The minimum absolute atomic E-state index is 0.0143. The van der Waals surface area contributed by atoms with Gasteiger partial charge in [-0.1, -0.05) is 156 Å². The summed E-state index contributed by atoms with van der Waals surface area (Å²) < 4.78 is 14.4. The molecule has 4 aromatic rings. The van der Waals surface area contributed by atoms with E-state index in [9.17, 15) is 14.7 Å². The van der Waals surface area contributed by atoms with Crippen molar-refractivity contribution in [3.63, 3.8) is 0 Å². The highest BCUT2D eigenvalue weighted by Gasteiger charge is 2.59. The number of likely N-dealkylation sites (tertiary alicyclic amines) is 1. The molecule has 4 aromatic carbocycles. The van der Waals surface area contributed by atoms with Crippen molar-refractivity contribution in [3.8, 4) is 5.75 Å². The van der Waals surface area contributed by atoms with Crippen molar-refractivity contribution < 1.29 is 23.9 Å². The Balaban J connectivity index is 1.16. The van der Waals surface area contributed by atoms with E-state index in [1.165, 1.54) is 27.9 Å². The summed E-state index contributed by atoms with van der Waals surface area (Å²) in [4.78, 5) is 30.6. The van der Waals surface area contributed by atoms with Crippen LogP contribution in [0.5, 0.6) is 5.75 Å². The van der Waals surface area contributed by atoms with Gasteiger partial charge in [0.15, 0.2) is 0 Å². The number of fused-ring (bicyclic) bond motifs is 4. The quantitative estimate of drug-likeness (QED) is 0.0881. The monoisotopic (exact) mass is 781 g/mol. The molecule has 2 saturated heterocycles. The summed E-state index contributed by atoms with van der Waals surface area (Å²) in [6.45, 7) is 9.99.